The summed E-state index contributed by atoms with van der Waals surface area (Å²) < 4.78 is 1.56. The number of hydrogen-bond donors (Lipinski definition) is 1. The van der Waals surface area contributed by atoms with E-state index < -0.39 is 0 Å². The van der Waals surface area contributed by atoms with E-state index in [0.717, 1.165) is 24.1 Å². The Hall–Kier alpha value is -2.08. The number of carbonyl (C=O) groups excluding carboxylic acids is 1. The quantitative estimate of drug-likeness (QED) is 0.373. The van der Waals surface area contributed by atoms with Gasteiger partial charge in [0.1, 0.15) is 0 Å². The van der Waals surface area contributed by atoms with E-state index in [1.54, 1.807) is 11.6 Å². The molecule has 2 rings (SSSR count). The molecule has 2 aromatic rings. The molecule has 1 unspecified atom stereocenters. The average Bonchev–Trinajstić information content (AvgIpc) is 2.69. The zero-order chi connectivity index (χ0) is 20.5. The van der Waals surface area contributed by atoms with Crippen molar-refractivity contribution in [2.45, 2.75) is 63.3 Å². The molecule has 0 fully saturated rings. The van der Waals surface area contributed by atoms with Crippen LogP contribution in [0.2, 0.25) is 0 Å². The maximum absolute atomic E-state index is 12.8. The fraction of sp³-hybridized carbons (Fsp3) is 0.500. The van der Waals surface area contributed by atoms with E-state index in [9.17, 15) is 9.59 Å². The lowest BCUT2D eigenvalue weighted by molar-refractivity contribution is -0.120. The maximum atomic E-state index is 12.8. The second-order valence-electron chi connectivity index (χ2n) is 7.10. The minimum atomic E-state index is -0.302. The normalized spacial score (nSPS) is 12.0. The van der Waals surface area contributed by atoms with Crippen LogP contribution in [0.5, 0.6) is 0 Å². The first-order valence-electron chi connectivity index (χ1n) is 9.98. The number of nitrogens with zero attached hydrogens (tertiary/aromatic N) is 2. The fourth-order valence-electron chi connectivity index (χ4n) is 2.96. The first kappa shape index (κ1) is 22.2. The molecule has 0 saturated heterocycles. The molecule has 1 aromatic heterocycles. The monoisotopic (exact) mass is 401 g/mol. The van der Waals surface area contributed by atoms with Crippen LogP contribution in [0.3, 0.4) is 0 Å². The number of nitrogens with one attached hydrogen (secondary N) is 1. The van der Waals surface area contributed by atoms with Crippen LogP contribution in [0.4, 0.5) is 0 Å². The SMILES string of the molecule is CCCCCCNC(=O)C(C)Sc1nc(C)c(Cc2ccccc2)c(=O)n1C. The Morgan fingerprint density at radius 1 is 1.21 bits per heavy atom. The Labute approximate surface area is 172 Å². The van der Waals surface area contributed by atoms with E-state index in [1.165, 1.54) is 24.6 Å². The van der Waals surface area contributed by atoms with Crippen molar-refractivity contribution in [3.05, 3.63) is 57.5 Å². The lowest BCUT2D eigenvalue weighted by Gasteiger charge is -2.15. The van der Waals surface area contributed by atoms with Crippen LogP contribution in [-0.4, -0.2) is 27.3 Å². The highest BCUT2D eigenvalue weighted by molar-refractivity contribution is 8.00. The lowest BCUT2D eigenvalue weighted by Crippen LogP contribution is -2.33. The van der Waals surface area contributed by atoms with Crippen molar-refractivity contribution in [2.24, 2.45) is 7.05 Å². The van der Waals surface area contributed by atoms with Gasteiger partial charge in [-0.2, -0.15) is 0 Å². The van der Waals surface area contributed by atoms with E-state index in [4.69, 9.17) is 0 Å². The summed E-state index contributed by atoms with van der Waals surface area (Å²) in [5.41, 5.74) is 2.46. The largest absolute Gasteiger partial charge is 0.355 e. The summed E-state index contributed by atoms with van der Waals surface area (Å²) in [4.78, 5) is 29.8. The van der Waals surface area contributed by atoms with Crippen LogP contribution in [0.15, 0.2) is 40.3 Å². The van der Waals surface area contributed by atoms with Crippen LogP contribution >= 0.6 is 11.8 Å². The molecule has 0 aliphatic heterocycles. The standard InChI is InChI=1S/C22H31N3O2S/c1-5-6-7-11-14-23-20(26)17(3)28-22-24-16(2)19(21(27)25(22)4)15-18-12-9-8-10-13-18/h8-10,12-13,17H,5-7,11,14-15H2,1-4H3,(H,23,26). The van der Waals surface area contributed by atoms with Crippen LogP contribution in [0, 0.1) is 6.92 Å². The molecule has 1 aromatic carbocycles. The number of aromatic nitrogens is 2. The topological polar surface area (TPSA) is 64.0 Å². The summed E-state index contributed by atoms with van der Waals surface area (Å²) in [7, 11) is 1.72. The Morgan fingerprint density at radius 3 is 2.61 bits per heavy atom. The molecular formula is C22H31N3O2S. The van der Waals surface area contributed by atoms with Gasteiger partial charge in [0.05, 0.1) is 5.25 Å². The third kappa shape index (κ3) is 6.23. The highest BCUT2D eigenvalue weighted by atomic mass is 32.2. The molecule has 6 heteroatoms. The van der Waals surface area contributed by atoms with E-state index in [0.29, 0.717) is 23.7 Å². The highest BCUT2D eigenvalue weighted by Gasteiger charge is 2.19. The van der Waals surface area contributed by atoms with Crippen LogP contribution in [0.25, 0.3) is 0 Å². The van der Waals surface area contributed by atoms with Gasteiger partial charge >= 0.3 is 0 Å². The van der Waals surface area contributed by atoms with Crippen molar-refractivity contribution in [2.75, 3.05) is 6.54 Å². The summed E-state index contributed by atoms with van der Waals surface area (Å²) in [5.74, 6) is -0.0123. The molecule has 5 nitrogen and oxygen atoms in total. The molecule has 0 bridgehead atoms. The first-order valence-corrected chi connectivity index (χ1v) is 10.9. The summed E-state index contributed by atoms with van der Waals surface area (Å²) in [6.45, 7) is 6.58. The highest BCUT2D eigenvalue weighted by Crippen LogP contribution is 2.21. The number of hydrogen-bond acceptors (Lipinski definition) is 4. The predicted octanol–water partition coefficient (Wildman–Crippen LogP) is 3.86. The van der Waals surface area contributed by atoms with Gasteiger partial charge in [0, 0.05) is 31.3 Å². The molecule has 1 atom stereocenters. The van der Waals surface area contributed by atoms with Crippen molar-refractivity contribution in [1.29, 1.82) is 0 Å². The van der Waals surface area contributed by atoms with Gasteiger partial charge in [-0.1, -0.05) is 68.3 Å². The van der Waals surface area contributed by atoms with E-state index in [-0.39, 0.29) is 16.7 Å². The third-order valence-electron chi connectivity index (χ3n) is 4.75. The fourth-order valence-corrected chi connectivity index (χ4v) is 3.89. The van der Waals surface area contributed by atoms with Crippen molar-refractivity contribution < 1.29 is 4.79 Å². The van der Waals surface area contributed by atoms with Gasteiger partial charge in [0.25, 0.3) is 5.56 Å². The van der Waals surface area contributed by atoms with E-state index in [1.807, 2.05) is 44.2 Å². The molecule has 152 valence electrons. The number of thioether (sulfide) groups is 1. The van der Waals surface area contributed by atoms with Crippen LogP contribution < -0.4 is 10.9 Å². The minimum absolute atomic E-state index is 0.0123. The Kier molecular flexibility index (Phi) is 8.77. The Balaban J connectivity index is 2.04. The number of rotatable bonds is 10. The van der Waals surface area contributed by atoms with Gasteiger partial charge in [-0.15, -0.1) is 0 Å². The third-order valence-corrected chi connectivity index (χ3v) is 5.90. The predicted molar refractivity (Wildman–Crippen MR) is 116 cm³/mol. The Morgan fingerprint density at radius 2 is 1.93 bits per heavy atom. The molecule has 0 saturated carbocycles. The lowest BCUT2D eigenvalue weighted by atomic mass is 10.1. The summed E-state index contributed by atoms with van der Waals surface area (Å²) in [5, 5.41) is 3.25. The zero-order valence-electron chi connectivity index (χ0n) is 17.3. The molecule has 0 aliphatic carbocycles. The number of unbranched alkanes of at least 4 members (excludes halogenated alkanes) is 3. The van der Waals surface area contributed by atoms with Gasteiger partial charge in [0.15, 0.2) is 5.16 Å². The second-order valence-corrected chi connectivity index (χ2v) is 8.40. The molecule has 28 heavy (non-hydrogen) atoms. The maximum Gasteiger partial charge on any atom is 0.257 e. The minimum Gasteiger partial charge on any atom is -0.355 e. The number of carbonyl (C=O) groups is 1. The summed E-state index contributed by atoms with van der Waals surface area (Å²) in [6, 6.07) is 9.91. The molecule has 1 N–H and O–H groups in total. The van der Waals surface area contributed by atoms with Gasteiger partial charge in [-0.3, -0.25) is 14.2 Å². The van der Waals surface area contributed by atoms with Gasteiger partial charge in [-0.25, -0.2) is 4.98 Å². The smallest absolute Gasteiger partial charge is 0.257 e. The van der Waals surface area contributed by atoms with E-state index in [2.05, 4.69) is 17.2 Å². The zero-order valence-corrected chi connectivity index (χ0v) is 18.1. The first-order chi connectivity index (χ1) is 13.4. The van der Waals surface area contributed by atoms with Crippen LogP contribution in [-0.2, 0) is 18.3 Å². The molecule has 0 aliphatic rings. The molecule has 0 radical (unpaired) electrons. The van der Waals surface area contributed by atoms with Crippen molar-refractivity contribution in [3.63, 3.8) is 0 Å². The summed E-state index contributed by atoms with van der Waals surface area (Å²) >= 11 is 1.33. The summed E-state index contributed by atoms with van der Waals surface area (Å²) in [6.07, 6.45) is 5.07. The number of benzene rings is 1. The van der Waals surface area contributed by atoms with E-state index >= 15 is 0 Å². The number of aryl methyl sites for hydroxylation is 1. The average molecular weight is 402 g/mol. The van der Waals surface area contributed by atoms with Crippen LogP contribution in [0.1, 0.15) is 56.4 Å². The van der Waals surface area contributed by atoms with Crippen molar-refractivity contribution >= 4 is 17.7 Å². The van der Waals surface area contributed by atoms with Crippen molar-refractivity contribution in [1.82, 2.24) is 14.9 Å². The molecule has 0 spiro atoms. The number of amides is 1. The van der Waals surface area contributed by atoms with Crippen molar-refractivity contribution in [3.8, 4) is 0 Å². The molecule has 1 amide bonds. The molecule has 1 heterocycles. The van der Waals surface area contributed by atoms with Gasteiger partial charge in [0.2, 0.25) is 5.91 Å². The molecular weight excluding hydrogens is 370 g/mol. The second kappa shape index (κ2) is 11.1. The Bertz CT molecular complexity index is 834. The van der Waals surface area contributed by atoms with Gasteiger partial charge < -0.3 is 5.32 Å². The van der Waals surface area contributed by atoms with Gasteiger partial charge in [-0.05, 0) is 25.8 Å².